The summed E-state index contributed by atoms with van der Waals surface area (Å²) in [4.78, 5) is 0. The predicted octanol–water partition coefficient (Wildman–Crippen LogP) is 1.77. The smallest absolute Gasteiger partial charge is 0.140 e. The molecule has 0 aromatic carbocycles. The van der Waals surface area contributed by atoms with Crippen LogP contribution in [0.2, 0.25) is 0 Å². The van der Waals surface area contributed by atoms with Gasteiger partial charge < -0.3 is 10.1 Å². The molecule has 74 valence electrons. The van der Waals surface area contributed by atoms with Crippen molar-refractivity contribution in [3.63, 3.8) is 0 Å². The van der Waals surface area contributed by atoms with Crippen molar-refractivity contribution in [1.29, 1.82) is 0 Å². The Kier molecular flexibility index (Phi) is 2.83. The first-order valence-electron chi connectivity index (χ1n) is 5.06. The van der Waals surface area contributed by atoms with E-state index in [1.807, 2.05) is 0 Å². The summed E-state index contributed by atoms with van der Waals surface area (Å²) in [5.41, 5.74) is 0.833. The molecule has 1 fully saturated rings. The highest BCUT2D eigenvalue weighted by Gasteiger charge is 2.27. The van der Waals surface area contributed by atoms with Gasteiger partial charge in [0.15, 0.2) is 0 Å². The number of nitrogens with one attached hydrogen (secondary N) is 1. The summed E-state index contributed by atoms with van der Waals surface area (Å²) < 4.78 is 18.8. The number of hydrogen-bond acceptors (Lipinski definition) is 2. The molecule has 2 rings (SSSR count). The third-order valence-corrected chi connectivity index (χ3v) is 2.80. The number of hydrogen-bond donors (Lipinski definition) is 1. The summed E-state index contributed by atoms with van der Waals surface area (Å²) in [6.45, 7) is 1.61. The molecule has 1 saturated heterocycles. The highest BCUT2D eigenvalue weighted by atomic mass is 19.1. The zero-order valence-electron chi connectivity index (χ0n) is 7.76. The van der Waals surface area contributed by atoms with Crippen LogP contribution in [0.4, 0.5) is 4.39 Å². The Hall–Kier alpha value is -0.570. The van der Waals surface area contributed by atoms with Gasteiger partial charge in [0.05, 0.1) is 12.9 Å². The predicted molar refractivity (Wildman–Crippen MR) is 49.2 cm³/mol. The van der Waals surface area contributed by atoms with Crippen LogP contribution in [0.1, 0.15) is 25.7 Å². The molecule has 2 unspecified atom stereocenters. The second-order valence-corrected chi connectivity index (χ2v) is 3.77. The average molecular weight is 185 g/mol. The molecule has 0 saturated carbocycles. The lowest BCUT2D eigenvalue weighted by molar-refractivity contribution is 0.247. The van der Waals surface area contributed by atoms with E-state index in [2.05, 4.69) is 5.32 Å². The van der Waals surface area contributed by atoms with Crippen LogP contribution in [0.3, 0.4) is 0 Å². The Labute approximate surface area is 78.2 Å². The summed E-state index contributed by atoms with van der Waals surface area (Å²) in [7, 11) is 0. The van der Waals surface area contributed by atoms with Crippen LogP contribution in [-0.2, 0) is 4.74 Å². The summed E-state index contributed by atoms with van der Waals surface area (Å²) >= 11 is 0. The lowest BCUT2D eigenvalue weighted by atomic mass is 9.96. The van der Waals surface area contributed by atoms with Crippen molar-refractivity contribution in [2.75, 3.05) is 13.2 Å². The maximum Gasteiger partial charge on any atom is 0.140 e. The molecule has 2 aliphatic heterocycles. The first-order chi connectivity index (χ1) is 6.38. The highest BCUT2D eigenvalue weighted by molar-refractivity contribution is 5.12. The van der Waals surface area contributed by atoms with Gasteiger partial charge in [0, 0.05) is 18.0 Å². The second kappa shape index (κ2) is 4.09. The van der Waals surface area contributed by atoms with Crippen molar-refractivity contribution in [1.82, 2.24) is 5.32 Å². The molecule has 1 N–H and O–H groups in total. The van der Waals surface area contributed by atoms with Gasteiger partial charge in [0.2, 0.25) is 0 Å². The molecule has 0 bridgehead atoms. The van der Waals surface area contributed by atoms with Gasteiger partial charge in [-0.3, -0.25) is 0 Å². The molecular formula is C10H16FNO. The largest absolute Gasteiger partial charge is 0.501 e. The zero-order valence-corrected chi connectivity index (χ0v) is 7.76. The number of alkyl halides is 1. The summed E-state index contributed by atoms with van der Waals surface area (Å²) in [6, 6.07) is 0.0294. The molecule has 0 aliphatic carbocycles. The molecule has 2 atom stereocenters. The number of piperidine rings is 1. The summed E-state index contributed by atoms with van der Waals surface area (Å²) in [6.07, 6.45) is 4.81. The van der Waals surface area contributed by atoms with Gasteiger partial charge >= 0.3 is 0 Å². The Morgan fingerprint density at radius 2 is 2.46 bits per heavy atom. The van der Waals surface area contributed by atoms with Gasteiger partial charge in [-0.25, -0.2) is 4.39 Å². The summed E-state index contributed by atoms with van der Waals surface area (Å²) in [5.74, 6) is 0. The van der Waals surface area contributed by atoms with Gasteiger partial charge in [0.1, 0.15) is 6.17 Å². The molecule has 0 spiro atoms. The van der Waals surface area contributed by atoms with E-state index in [1.54, 1.807) is 6.26 Å². The Bertz CT molecular complexity index is 199. The van der Waals surface area contributed by atoms with E-state index in [-0.39, 0.29) is 6.04 Å². The molecular weight excluding hydrogens is 169 g/mol. The van der Waals surface area contributed by atoms with Crippen LogP contribution in [0, 0.1) is 0 Å². The van der Waals surface area contributed by atoms with E-state index in [0.29, 0.717) is 6.61 Å². The second-order valence-electron chi connectivity index (χ2n) is 3.77. The average Bonchev–Trinajstić information content (AvgIpc) is 2.71. The Balaban J connectivity index is 1.90. The van der Waals surface area contributed by atoms with Gasteiger partial charge in [-0.2, -0.15) is 0 Å². The van der Waals surface area contributed by atoms with Crippen LogP contribution in [0.25, 0.3) is 0 Å². The fraction of sp³-hybridized carbons (Fsp3) is 0.800. The maximum atomic E-state index is 13.8. The molecule has 13 heavy (non-hydrogen) atoms. The van der Waals surface area contributed by atoms with E-state index in [1.165, 1.54) is 6.42 Å². The molecule has 2 nitrogen and oxygen atoms in total. The zero-order chi connectivity index (χ0) is 9.10. The van der Waals surface area contributed by atoms with Crippen molar-refractivity contribution in [3.05, 3.63) is 11.8 Å². The topological polar surface area (TPSA) is 21.3 Å². The lowest BCUT2D eigenvalue weighted by Gasteiger charge is -2.26. The minimum atomic E-state index is -0.831. The Morgan fingerprint density at radius 1 is 1.54 bits per heavy atom. The minimum absolute atomic E-state index is 0.0294. The monoisotopic (exact) mass is 185 g/mol. The molecule has 0 aromatic heterocycles. The molecule has 0 radical (unpaired) electrons. The molecule has 0 amide bonds. The van der Waals surface area contributed by atoms with Crippen LogP contribution in [-0.4, -0.2) is 25.4 Å². The third kappa shape index (κ3) is 2.02. The number of ether oxygens (including phenoxy) is 1. The van der Waals surface area contributed by atoms with Crippen molar-refractivity contribution in [2.45, 2.75) is 37.9 Å². The van der Waals surface area contributed by atoms with E-state index >= 15 is 0 Å². The van der Waals surface area contributed by atoms with Gasteiger partial charge in [-0.05, 0) is 19.4 Å². The van der Waals surface area contributed by atoms with Crippen LogP contribution < -0.4 is 5.32 Å². The van der Waals surface area contributed by atoms with Gasteiger partial charge in [-0.15, -0.1) is 0 Å². The lowest BCUT2D eigenvalue weighted by Crippen LogP contribution is -2.41. The molecule has 0 aromatic rings. The van der Waals surface area contributed by atoms with E-state index in [9.17, 15) is 4.39 Å². The van der Waals surface area contributed by atoms with Crippen molar-refractivity contribution in [2.24, 2.45) is 0 Å². The van der Waals surface area contributed by atoms with Crippen molar-refractivity contribution < 1.29 is 9.13 Å². The molecule has 2 heterocycles. The normalized spacial score (nSPS) is 30.8. The maximum absolute atomic E-state index is 13.8. The fourth-order valence-corrected chi connectivity index (χ4v) is 1.99. The highest BCUT2D eigenvalue weighted by Crippen LogP contribution is 2.23. The first-order valence-corrected chi connectivity index (χ1v) is 5.06. The Morgan fingerprint density at radius 3 is 3.08 bits per heavy atom. The van der Waals surface area contributed by atoms with E-state index < -0.39 is 6.17 Å². The fourth-order valence-electron chi connectivity index (χ4n) is 1.99. The quantitative estimate of drug-likeness (QED) is 0.708. The minimum Gasteiger partial charge on any atom is -0.501 e. The van der Waals surface area contributed by atoms with Crippen molar-refractivity contribution in [3.8, 4) is 0 Å². The first kappa shape index (κ1) is 9.00. The van der Waals surface area contributed by atoms with Gasteiger partial charge in [0.25, 0.3) is 0 Å². The number of rotatable bonds is 2. The van der Waals surface area contributed by atoms with Crippen molar-refractivity contribution >= 4 is 0 Å². The number of halogens is 1. The third-order valence-electron chi connectivity index (χ3n) is 2.80. The SMILES string of the molecule is FC(C1=COCC1)C1CCCCN1. The van der Waals surface area contributed by atoms with E-state index in [4.69, 9.17) is 4.74 Å². The van der Waals surface area contributed by atoms with Gasteiger partial charge in [-0.1, -0.05) is 6.42 Å². The molecule has 2 aliphatic rings. The van der Waals surface area contributed by atoms with E-state index in [0.717, 1.165) is 31.4 Å². The standard InChI is InChI=1S/C10H16FNO/c11-10(8-4-6-13-7-8)9-3-1-2-5-12-9/h7,9-10,12H,1-6H2. The van der Waals surface area contributed by atoms with Crippen LogP contribution in [0.5, 0.6) is 0 Å². The summed E-state index contributed by atoms with van der Waals surface area (Å²) in [5, 5.41) is 3.22. The van der Waals surface area contributed by atoms with Crippen LogP contribution >= 0.6 is 0 Å². The van der Waals surface area contributed by atoms with Crippen LogP contribution in [0.15, 0.2) is 11.8 Å². The molecule has 3 heteroatoms.